The Hall–Kier alpha value is -2.32. The molecule has 27 heavy (non-hydrogen) atoms. The number of rotatable bonds is 7. The monoisotopic (exact) mass is 406 g/mol. The molecule has 6 nitrogen and oxygen atoms in total. The summed E-state index contributed by atoms with van der Waals surface area (Å²) < 4.78 is 16.0. The van der Waals surface area contributed by atoms with E-state index in [-0.39, 0.29) is 5.97 Å². The van der Waals surface area contributed by atoms with Crippen molar-refractivity contribution in [2.75, 3.05) is 31.8 Å². The van der Waals surface area contributed by atoms with Gasteiger partial charge >= 0.3 is 5.97 Å². The molecule has 1 aliphatic heterocycles. The summed E-state index contributed by atoms with van der Waals surface area (Å²) in [4.78, 5) is 14.5. The van der Waals surface area contributed by atoms with Gasteiger partial charge in [0.2, 0.25) is 0 Å². The second kappa shape index (κ2) is 9.57. The molecular formula is C19H22N2O4S2. The second-order valence-electron chi connectivity index (χ2n) is 5.91. The van der Waals surface area contributed by atoms with Crippen LogP contribution in [0.4, 0.5) is 5.69 Å². The van der Waals surface area contributed by atoms with Gasteiger partial charge in [-0.1, -0.05) is 6.07 Å². The summed E-state index contributed by atoms with van der Waals surface area (Å²) in [6, 6.07) is 9.93. The molecule has 1 aromatic heterocycles. The van der Waals surface area contributed by atoms with Crippen LogP contribution in [0, 0.1) is 0 Å². The van der Waals surface area contributed by atoms with E-state index in [9.17, 15) is 4.79 Å². The molecule has 0 fully saturated rings. The molecule has 3 rings (SSSR count). The number of methoxy groups -OCH3 is 1. The van der Waals surface area contributed by atoms with E-state index in [1.54, 1.807) is 11.3 Å². The zero-order valence-electron chi connectivity index (χ0n) is 15.1. The average molecular weight is 407 g/mol. The SMILES string of the molecule is COC(=O)CCCNC(=S)N(Cc1cccs1)c1ccc2c(c1)OCCO2. The number of hydrogen-bond donors (Lipinski definition) is 1. The van der Waals surface area contributed by atoms with Crippen molar-refractivity contribution in [2.45, 2.75) is 19.4 Å². The van der Waals surface area contributed by atoms with Crippen molar-refractivity contribution in [2.24, 2.45) is 0 Å². The molecule has 8 heteroatoms. The number of esters is 1. The van der Waals surface area contributed by atoms with E-state index >= 15 is 0 Å². The van der Waals surface area contributed by atoms with E-state index < -0.39 is 0 Å². The van der Waals surface area contributed by atoms with Crippen molar-refractivity contribution >= 4 is 40.3 Å². The van der Waals surface area contributed by atoms with Gasteiger partial charge in [0.15, 0.2) is 16.6 Å². The van der Waals surface area contributed by atoms with Gasteiger partial charge < -0.3 is 24.4 Å². The summed E-state index contributed by atoms with van der Waals surface area (Å²) in [5, 5.41) is 5.88. The third-order valence-electron chi connectivity index (χ3n) is 4.04. The Morgan fingerprint density at radius 1 is 1.30 bits per heavy atom. The molecular weight excluding hydrogens is 384 g/mol. The molecule has 0 bridgehead atoms. The van der Waals surface area contributed by atoms with E-state index in [1.165, 1.54) is 12.0 Å². The topological polar surface area (TPSA) is 60.0 Å². The van der Waals surface area contributed by atoms with Crippen molar-refractivity contribution in [1.29, 1.82) is 0 Å². The summed E-state index contributed by atoms with van der Waals surface area (Å²) in [6.45, 7) is 2.35. The lowest BCUT2D eigenvalue weighted by Crippen LogP contribution is -2.39. The number of benzene rings is 1. The quantitative estimate of drug-likeness (QED) is 0.430. The van der Waals surface area contributed by atoms with Crippen LogP contribution in [0.15, 0.2) is 35.7 Å². The molecule has 2 heterocycles. The lowest BCUT2D eigenvalue weighted by atomic mass is 10.2. The number of carbonyl (C=O) groups is 1. The third kappa shape index (κ3) is 5.33. The molecule has 0 spiro atoms. The number of nitrogens with zero attached hydrogens (tertiary/aromatic N) is 1. The average Bonchev–Trinajstić information content (AvgIpc) is 3.22. The lowest BCUT2D eigenvalue weighted by molar-refractivity contribution is -0.140. The van der Waals surface area contributed by atoms with Crippen LogP contribution >= 0.6 is 23.6 Å². The first-order valence-electron chi connectivity index (χ1n) is 8.71. The maximum absolute atomic E-state index is 11.2. The van der Waals surface area contributed by atoms with E-state index in [0.717, 1.165) is 17.2 Å². The highest BCUT2D eigenvalue weighted by Gasteiger charge is 2.18. The first-order valence-corrected chi connectivity index (χ1v) is 10.0. The Bertz CT molecular complexity index is 780. The van der Waals surface area contributed by atoms with Crippen molar-refractivity contribution in [1.82, 2.24) is 5.32 Å². The first-order chi connectivity index (χ1) is 13.2. The Kier molecular flexibility index (Phi) is 6.89. The van der Waals surface area contributed by atoms with Gasteiger partial charge in [0.25, 0.3) is 0 Å². The zero-order chi connectivity index (χ0) is 19.1. The molecule has 0 saturated carbocycles. The molecule has 144 valence electrons. The molecule has 0 amide bonds. The Balaban J connectivity index is 1.70. The fourth-order valence-electron chi connectivity index (χ4n) is 2.66. The van der Waals surface area contributed by atoms with Crippen molar-refractivity contribution in [3.05, 3.63) is 40.6 Å². The summed E-state index contributed by atoms with van der Waals surface area (Å²) in [6.07, 6.45) is 1.02. The van der Waals surface area contributed by atoms with Crippen LogP contribution in [0.5, 0.6) is 11.5 Å². The number of carbonyl (C=O) groups excluding carboxylic acids is 1. The number of thiocarbonyl (C=S) groups is 1. The van der Waals surface area contributed by atoms with Crippen molar-refractivity contribution in [3.63, 3.8) is 0 Å². The predicted octanol–water partition coefficient (Wildman–Crippen LogP) is 3.35. The summed E-state index contributed by atoms with van der Waals surface area (Å²) in [5.74, 6) is 1.26. The van der Waals surface area contributed by atoms with Crippen LogP contribution in [0.2, 0.25) is 0 Å². The van der Waals surface area contributed by atoms with E-state index in [1.807, 2.05) is 34.5 Å². The van der Waals surface area contributed by atoms with Gasteiger partial charge in [-0.2, -0.15) is 0 Å². The Morgan fingerprint density at radius 2 is 2.11 bits per heavy atom. The zero-order valence-corrected chi connectivity index (χ0v) is 16.7. The number of thiophene rings is 1. The smallest absolute Gasteiger partial charge is 0.305 e. The first kappa shape index (κ1) is 19.4. The molecule has 2 aromatic rings. The maximum Gasteiger partial charge on any atom is 0.305 e. The fraction of sp³-hybridized carbons (Fsp3) is 0.368. The van der Waals surface area contributed by atoms with Crippen LogP contribution in [0.1, 0.15) is 17.7 Å². The van der Waals surface area contributed by atoms with Crippen LogP contribution in [-0.2, 0) is 16.1 Å². The molecule has 0 atom stereocenters. The molecule has 0 aliphatic carbocycles. The highest BCUT2D eigenvalue weighted by Crippen LogP contribution is 2.34. The maximum atomic E-state index is 11.2. The molecule has 0 unspecified atom stereocenters. The number of ether oxygens (including phenoxy) is 3. The normalized spacial score (nSPS) is 12.3. The van der Waals surface area contributed by atoms with Crippen LogP contribution in [0.3, 0.4) is 0 Å². The van der Waals surface area contributed by atoms with Gasteiger partial charge in [-0.3, -0.25) is 4.79 Å². The van der Waals surface area contributed by atoms with Crippen molar-refractivity contribution in [3.8, 4) is 11.5 Å². The van der Waals surface area contributed by atoms with Crippen molar-refractivity contribution < 1.29 is 19.0 Å². The molecule has 0 radical (unpaired) electrons. The van der Waals surface area contributed by atoms with E-state index in [0.29, 0.717) is 44.3 Å². The predicted molar refractivity (Wildman–Crippen MR) is 110 cm³/mol. The fourth-order valence-corrected chi connectivity index (χ4v) is 3.63. The Morgan fingerprint density at radius 3 is 2.85 bits per heavy atom. The number of nitrogens with one attached hydrogen (secondary N) is 1. The molecule has 1 aliphatic rings. The highest BCUT2D eigenvalue weighted by molar-refractivity contribution is 7.80. The van der Waals surface area contributed by atoms with Gasteiger partial charge in [-0.15, -0.1) is 11.3 Å². The standard InChI is InChI=1S/C19H22N2O4S2/c1-23-18(22)5-2-8-20-19(26)21(13-15-4-3-11-27-15)14-6-7-16-17(12-14)25-10-9-24-16/h3-4,6-7,11-12H,2,5,8-10,13H2,1H3,(H,20,26). The number of anilines is 1. The van der Waals surface area contributed by atoms with Gasteiger partial charge in [0.1, 0.15) is 13.2 Å². The van der Waals surface area contributed by atoms with Crippen LogP contribution < -0.4 is 19.7 Å². The molecule has 1 N–H and O–H groups in total. The third-order valence-corrected chi connectivity index (χ3v) is 5.26. The number of fused-ring (bicyclic) bond motifs is 1. The minimum atomic E-state index is -0.218. The lowest BCUT2D eigenvalue weighted by Gasteiger charge is -2.27. The minimum Gasteiger partial charge on any atom is -0.486 e. The largest absolute Gasteiger partial charge is 0.486 e. The number of hydrogen-bond acceptors (Lipinski definition) is 6. The second-order valence-corrected chi connectivity index (χ2v) is 7.32. The van der Waals surface area contributed by atoms with Gasteiger partial charge in [0, 0.05) is 29.6 Å². The van der Waals surface area contributed by atoms with E-state index in [4.69, 9.17) is 21.7 Å². The summed E-state index contributed by atoms with van der Waals surface area (Å²) >= 11 is 7.31. The minimum absolute atomic E-state index is 0.218. The van der Waals surface area contributed by atoms with E-state index in [2.05, 4.69) is 16.1 Å². The van der Waals surface area contributed by atoms with Gasteiger partial charge in [-0.25, -0.2) is 0 Å². The summed E-state index contributed by atoms with van der Waals surface area (Å²) in [5.41, 5.74) is 0.929. The molecule has 0 saturated heterocycles. The van der Waals surface area contributed by atoms with Gasteiger partial charge in [0.05, 0.1) is 13.7 Å². The van der Waals surface area contributed by atoms with Crippen LogP contribution in [-0.4, -0.2) is 38.0 Å². The highest BCUT2D eigenvalue weighted by atomic mass is 32.1. The van der Waals surface area contributed by atoms with Crippen LogP contribution in [0.25, 0.3) is 0 Å². The van der Waals surface area contributed by atoms with Gasteiger partial charge in [-0.05, 0) is 42.2 Å². The Labute approximate surface area is 168 Å². The summed E-state index contributed by atoms with van der Waals surface area (Å²) in [7, 11) is 1.39. The molecule has 1 aromatic carbocycles.